The van der Waals surface area contributed by atoms with E-state index in [1.807, 2.05) is 42.5 Å². The molecule has 0 N–H and O–H groups in total. The summed E-state index contributed by atoms with van der Waals surface area (Å²) >= 11 is 0. The predicted molar refractivity (Wildman–Crippen MR) is 106 cm³/mol. The maximum absolute atomic E-state index is 5.88. The van der Waals surface area contributed by atoms with E-state index in [4.69, 9.17) is 9.15 Å². The van der Waals surface area contributed by atoms with E-state index >= 15 is 0 Å². The molecule has 0 aliphatic heterocycles. The summed E-state index contributed by atoms with van der Waals surface area (Å²) in [5.41, 5.74) is 3.64. The first-order chi connectivity index (χ1) is 13.0. The van der Waals surface area contributed by atoms with Gasteiger partial charge in [-0.05, 0) is 35.2 Å². The molecule has 2 heterocycles. The van der Waals surface area contributed by atoms with Crippen LogP contribution in [0.2, 0.25) is 0 Å². The molecule has 0 aliphatic rings. The minimum absolute atomic E-state index is 0.104. The van der Waals surface area contributed by atoms with Crippen LogP contribution in [0.4, 0.5) is 0 Å². The van der Waals surface area contributed by atoms with E-state index in [-0.39, 0.29) is 5.41 Å². The normalized spacial score (nSPS) is 11.7. The summed E-state index contributed by atoms with van der Waals surface area (Å²) in [5.74, 6) is 1.58. The van der Waals surface area contributed by atoms with Gasteiger partial charge in [-0.2, -0.15) is 0 Å². The lowest BCUT2D eigenvalue weighted by atomic mass is 9.87. The Morgan fingerprint density at radius 2 is 1.59 bits per heavy atom. The van der Waals surface area contributed by atoms with Crippen molar-refractivity contribution in [2.24, 2.45) is 0 Å². The summed E-state index contributed by atoms with van der Waals surface area (Å²) in [6.07, 6.45) is 0. The van der Waals surface area contributed by atoms with Crippen LogP contribution in [0.25, 0.3) is 33.9 Å². The van der Waals surface area contributed by atoms with Gasteiger partial charge in [0.2, 0.25) is 5.89 Å². The molecule has 27 heavy (non-hydrogen) atoms. The molecule has 0 bridgehead atoms. The fourth-order valence-corrected chi connectivity index (χ4v) is 2.96. The van der Waals surface area contributed by atoms with E-state index in [0.717, 1.165) is 16.5 Å². The Hall–Kier alpha value is -3.21. The van der Waals surface area contributed by atoms with Crippen LogP contribution in [0.3, 0.4) is 0 Å². The number of pyridine rings is 1. The molecule has 0 fully saturated rings. The first-order valence-electron chi connectivity index (χ1n) is 8.84. The molecule has 5 nitrogen and oxygen atoms in total. The Morgan fingerprint density at radius 1 is 0.852 bits per heavy atom. The average molecular weight is 359 g/mol. The molecule has 0 unspecified atom stereocenters. The van der Waals surface area contributed by atoms with Gasteiger partial charge in [0.05, 0.1) is 7.11 Å². The third-order valence-electron chi connectivity index (χ3n) is 4.55. The zero-order chi connectivity index (χ0) is 19.0. The van der Waals surface area contributed by atoms with Gasteiger partial charge in [-0.3, -0.25) is 0 Å². The van der Waals surface area contributed by atoms with Crippen LogP contribution in [0.15, 0.2) is 59.0 Å². The molecule has 0 saturated heterocycles. The monoisotopic (exact) mass is 359 g/mol. The lowest BCUT2D eigenvalue weighted by molar-refractivity contribution is 0.419. The highest BCUT2D eigenvalue weighted by Crippen LogP contribution is 2.29. The number of benzene rings is 2. The van der Waals surface area contributed by atoms with E-state index in [1.165, 1.54) is 5.56 Å². The molecule has 0 spiro atoms. The third-order valence-corrected chi connectivity index (χ3v) is 4.55. The molecule has 0 amide bonds. The number of aromatic nitrogens is 3. The van der Waals surface area contributed by atoms with Crippen LogP contribution < -0.4 is 4.74 Å². The quantitative estimate of drug-likeness (QED) is 0.499. The van der Waals surface area contributed by atoms with Crippen molar-refractivity contribution in [2.75, 3.05) is 7.11 Å². The van der Waals surface area contributed by atoms with Crippen LogP contribution in [-0.4, -0.2) is 22.3 Å². The SMILES string of the molecule is COc1cccc2ccc(-c3nnc(-c4ccc(C(C)(C)C)cc4)o3)nc12. The van der Waals surface area contributed by atoms with Crippen molar-refractivity contribution < 1.29 is 9.15 Å². The zero-order valence-electron chi connectivity index (χ0n) is 15.9. The van der Waals surface area contributed by atoms with Crippen molar-refractivity contribution >= 4 is 10.9 Å². The first-order valence-corrected chi connectivity index (χ1v) is 8.84. The molecule has 0 saturated carbocycles. The second-order valence-corrected chi connectivity index (χ2v) is 7.47. The van der Waals surface area contributed by atoms with Crippen molar-refractivity contribution in [1.82, 2.24) is 15.2 Å². The second kappa shape index (κ2) is 6.50. The van der Waals surface area contributed by atoms with Crippen molar-refractivity contribution in [3.05, 3.63) is 60.2 Å². The van der Waals surface area contributed by atoms with Crippen molar-refractivity contribution in [2.45, 2.75) is 26.2 Å². The first kappa shape index (κ1) is 17.2. The van der Waals surface area contributed by atoms with Gasteiger partial charge in [-0.25, -0.2) is 4.98 Å². The molecule has 0 atom stereocenters. The molecule has 0 aliphatic carbocycles. The lowest BCUT2D eigenvalue weighted by Crippen LogP contribution is -2.10. The molecule has 0 radical (unpaired) electrons. The summed E-state index contributed by atoms with van der Waals surface area (Å²) in [5, 5.41) is 9.36. The maximum atomic E-state index is 5.88. The summed E-state index contributed by atoms with van der Waals surface area (Å²) in [6, 6.07) is 17.9. The number of ether oxygens (including phenoxy) is 1. The molecular weight excluding hydrogens is 338 g/mol. The summed E-state index contributed by atoms with van der Waals surface area (Å²) in [7, 11) is 1.63. The van der Waals surface area contributed by atoms with Gasteiger partial charge >= 0.3 is 0 Å². The fourth-order valence-electron chi connectivity index (χ4n) is 2.96. The van der Waals surface area contributed by atoms with Gasteiger partial charge in [-0.15, -0.1) is 10.2 Å². The van der Waals surface area contributed by atoms with E-state index in [2.05, 4.69) is 48.1 Å². The van der Waals surface area contributed by atoms with Gasteiger partial charge in [0.1, 0.15) is 17.0 Å². The van der Waals surface area contributed by atoms with Crippen LogP contribution in [0.1, 0.15) is 26.3 Å². The van der Waals surface area contributed by atoms with Gasteiger partial charge in [0, 0.05) is 10.9 Å². The number of rotatable bonds is 3. The molecule has 4 aromatic rings. The van der Waals surface area contributed by atoms with Crippen LogP contribution in [0, 0.1) is 0 Å². The molecule has 136 valence electrons. The van der Waals surface area contributed by atoms with Crippen LogP contribution in [-0.2, 0) is 5.41 Å². The summed E-state index contributed by atoms with van der Waals surface area (Å²) < 4.78 is 11.3. The van der Waals surface area contributed by atoms with E-state index < -0.39 is 0 Å². The van der Waals surface area contributed by atoms with E-state index in [0.29, 0.717) is 23.2 Å². The van der Waals surface area contributed by atoms with Gasteiger partial charge < -0.3 is 9.15 Å². The summed E-state index contributed by atoms with van der Waals surface area (Å²) in [4.78, 5) is 4.65. The number of nitrogens with zero attached hydrogens (tertiary/aromatic N) is 3. The number of methoxy groups -OCH3 is 1. The van der Waals surface area contributed by atoms with Crippen LogP contribution >= 0.6 is 0 Å². The number of fused-ring (bicyclic) bond motifs is 1. The minimum Gasteiger partial charge on any atom is -0.494 e. The second-order valence-electron chi connectivity index (χ2n) is 7.47. The van der Waals surface area contributed by atoms with Gasteiger partial charge in [0.15, 0.2) is 0 Å². The highest BCUT2D eigenvalue weighted by Gasteiger charge is 2.16. The Bertz CT molecular complexity index is 1090. The molecule has 2 aromatic heterocycles. The van der Waals surface area contributed by atoms with E-state index in [9.17, 15) is 0 Å². The fraction of sp³-hybridized carbons (Fsp3) is 0.227. The summed E-state index contributed by atoms with van der Waals surface area (Å²) in [6.45, 7) is 6.56. The third kappa shape index (κ3) is 3.28. The molecule has 2 aromatic carbocycles. The zero-order valence-corrected chi connectivity index (χ0v) is 15.9. The predicted octanol–water partition coefficient (Wildman–Crippen LogP) is 5.26. The van der Waals surface area contributed by atoms with Gasteiger partial charge in [-0.1, -0.05) is 51.1 Å². The van der Waals surface area contributed by atoms with Crippen LogP contribution in [0.5, 0.6) is 5.75 Å². The molecule has 4 rings (SSSR count). The number of para-hydroxylation sites is 1. The highest BCUT2D eigenvalue weighted by molar-refractivity contribution is 5.86. The minimum atomic E-state index is 0.104. The standard InChI is InChI=1S/C22H21N3O2/c1-22(2,3)16-11-8-15(9-12-16)20-24-25-21(27-20)17-13-10-14-6-5-7-18(26-4)19(14)23-17/h5-13H,1-4H3. The maximum Gasteiger partial charge on any atom is 0.266 e. The Balaban J connectivity index is 1.69. The highest BCUT2D eigenvalue weighted by atomic mass is 16.5. The number of hydrogen-bond acceptors (Lipinski definition) is 5. The van der Waals surface area contributed by atoms with Gasteiger partial charge in [0.25, 0.3) is 5.89 Å². The Labute approximate surface area is 158 Å². The molecule has 5 heteroatoms. The number of hydrogen-bond donors (Lipinski definition) is 0. The smallest absolute Gasteiger partial charge is 0.266 e. The molecular formula is C22H21N3O2. The van der Waals surface area contributed by atoms with Crippen molar-refractivity contribution in [3.8, 4) is 28.8 Å². The van der Waals surface area contributed by atoms with Crippen molar-refractivity contribution in [3.63, 3.8) is 0 Å². The van der Waals surface area contributed by atoms with Crippen molar-refractivity contribution in [1.29, 1.82) is 0 Å². The Kier molecular flexibility index (Phi) is 4.15. The largest absolute Gasteiger partial charge is 0.494 e. The Morgan fingerprint density at radius 3 is 2.30 bits per heavy atom. The topological polar surface area (TPSA) is 61.0 Å². The lowest BCUT2D eigenvalue weighted by Gasteiger charge is -2.18. The average Bonchev–Trinajstić information content (AvgIpc) is 3.16. The van der Waals surface area contributed by atoms with E-state index in [1.54, 1.807) is 7.11 Å².